The van der Waals surface area contributed by atoms with Crippen molar-refractivity contribution in [2.75, 3.05) is 19.5 Å². The fraction of sp³-hybridized carbons (Fsp3) is 0.364. The Kier molecular flexibility index (Phi) is 6.98. The molecule has 2 aromatic carbocycles. The van der Waals surface area contributed by atoms with E-state index >= 15 is 0 Å². The van der Waals surface area contributed by atoms with Crippen LogP contribution < -0.4 is 4.74 Å². The van der Waals surface area contributed by atoms with E-state index in [2.05, 4.69) is 0 Å². The summed E-state index contributed by atoms with van der Waals surface area (Å²) >= 11 is 1.59. The Morgan fingerprint density at radius 3 is 2.64 bits per heavy atom. The smallest absolute Gasteiger partial charge is 0.329 e. The van der Waals surface area contributed by atoms with Gasteiger partial charge in [-0.2, -0.15) is 0 Å². The topological polar surface area (TPSA) is 55.8 Å². The van der Waals surface area contributed by atoms with Gasteiger partial charge in [0.25, 0.3) is 5.91 Å². The Hall–Kier alpha value is -2.47. The van der Waals surface area contributed by atoms with E-state index in [0.717, 1.165) is 18.4 Å². The molecule has 0 saturated carbocycles. The molecule has 1 amide bonds. The van der Waals surface area contributed by atoms with E-state index in [1.54, 1.807) is 48.0 Å². The van der Waals surface area contributed by atoms with Gasteiger partial charge >= 0.3 is 5.97 Å². The zero-order chi connectivity index (χ0) is 19.9. The molecule has 148 valence electrons. The second-order valence-electron chi connectivity index (χ2n) is 6.58. The number of rotatable bonds is 7. The van der Waals surface area contributed by atoms with E-state index < -0.39 is 6.04 Å². The van der Waals surface area contributed by atoms with Crippen LogP contribution in [0.15, 0.2) is 54.6 Å². The van der Waals surface area contributed by atoms with Crippen molar-refractivity contribution in [1.82, 2.24) is 4.90 Å². The summed E-state index contributed by atoms with van der Waals surface area (Å²) < 4.78 is 10.7. The van der Waals surface area contributed by atoms with Gasteiger partial charge in [-0.25, -0.2) is 4.79 Å². The van der Waals surface area contributed by atoms with Crippen molar-refractivity contribution in [3.8, 4) is 5.75 Å². The fourth-order valence-corrected chi connectivity index (χ4v) is 4.54. The number of ether oxygens (including phenoxy) is 2. The third-order valence-corrected chi connectivity index (χ3v) is 5.97. The quantitative estimate of drug-likeness (QED) is 0.513. The molecular weight excluding hydrogens is 374 g/mol. The summed E-state index contributed by atoms with van der Waals surface area (Å²) in [6.07, 6.45) is 1.77. The maximum Gasteiger partial charge on any atom is 0.329 e. The van der Waals surface area contributed by atoms with Gasteiger partial charge in [0.15, 0.2) is 0 Å². The maximum atomic E-state index is 13.4. The number of hydrogen-bond donors (Lipinski definition) is 0. The maximum absolute atomic E-state index is 13.4. The fourth-order valence-electron chi connectivity index (χ4n) is 3.13. The van der Waals surface area contributed by atoms with Crippen molar-refractivity contribution in [3.05, 3.63) is 65.7 Å². The molecule has 0 aliphatic carbocycles. The lowest BCUT2D eigenvalue weighted by Gasteiger charge is -2.28. The van der Waals surface area contributed by atoms with Crippen LogP contribution in [0.5, 0.6) is 5.75 Å². The van der Waals surface area contributed by atoms with Crippen LogP contribution in [0.1, 0.15) is 41.1 Å². The Labute approximate surface area is 170 Å². The van der Waals surface area contributed by atoms with E-state index in [0.29, 0.717) is 23.7 Å². The average molecular weight is 400 g/mol. The molecule has 28 heavy (non-hydrogen) atoms. The third-order valence-electron chi connectivity index (χ3n) is 4.65. The lowest BCUT2D eigenvalue weighted by Crippen LogP contribution is -2.44. The van der Waals surface area contributed by atoms with Crippen molar-refractivity contribution in [2.24, 2.45) is 0 Å². The van der Waals surface area contributed by atoms with E-state index in [-0.39, 0.29) is 17.3 Å². The summed E-state index contributed by atoms with van der Waals surface area (Å²) in [5, 5.41) is -0.233. The number of esters is 1. The minimum absolute atomic E-state index is 0.199. The monoisotopic (exact) mass is 399 g/mol. The standard InChI is InChI=1S/C22H25NO4S/c1-3-4-13-27-22(25)19-15-28-21(16-9-6-5-7-10-16)23(19)20(24)17-11-8-12-18(14-17)26-2/h5-12,14,19,21H,3-4,13,15H2,1-2H3. The van der Waals surface area contributed by atoms with Crippen LogP contribution in [0.25, 0.3) is 0 Å². The zero-order valence-electron chi connectivity index (χ0n) is 16.2. The summed E-state index contributed by atoms with van der Waals surface area (Å²) in [5.74, 6) is 0.585. The molecule has 0 N–H and O–H groups in total. The van der Waals surface area contributed by atoms with Gasteiger partial charge in [0.1, 0.15) is 17.2 Å². The van der Waals surface area contributed by atoms with Crippen molar-refractivity contribution in [1.29, 1.82) is 0 Å². The van der Waals surface area contributed by atoms with E-state index in [9.17, 15) is 9.59 Å². The van der Waals surface area contributed by atoms with Crippen molar-refractivity contribution < 1.29 is 19.1 Å². The first-order valence-electron chi connectivity index (χ1n) is 9.45. The predicted molar refractivity (Wildman–Crippen MR) is 110 cm³/mol. The molecule has 2 atom stereocenters. The van der Waals surface area contributed by atoms with Gasteiger partial charge in [-0.3, -0.25) is 4.79 Å². The van der Waals surface area contributed by atoms with Gasteiger partial charge in [0.05, 0.1) is 13.7 Å². The van der Waals surface area contributed by atoms with Crippen molar-refractivity contribution >= 4 is 23.6 Å². The van der Waals surface area contributed by atoms with Gasteiger partial charge in [0.2, 0.25) is 0 Å². The molecule has 2 unspecified atom stereocenters. The second kappa shape index (κ2) is 9.64. The van der Waals surface area contributed by atoms with Crippen LogP contribution in [0, 0.1) is 0 Å². The molecule has 1 aliphatic heterocycles. The number of benzene rings is 2. The predicted octanol–water partition coefficient (Wildman–Crippen LogP) is 4.29. The second-order valence-corrected chi connectivity index (χ2v) is 7.69. The Morgan fingerprint density at radius 2 is 1.93 bits per heavy atom. The molecule has 1 saturated heterocycles. The number of carbonyl (C=O) groups is 2. The summed E-state index contributed by atoms with van der Waals surface area (Å²) in [6, 6.07) is 16.2. The third kappa shape index (κ3) is 4.50. The highest BCUT2D eigenvalue weighted by Crippen LogP contribution is 2.42. The van der Waals surface area contributed by atoms with Gasteiger partial charge in [-0.05, 0) is 30.2 Å². The van der Waals surface area contributed by atoms with Crippen molar-refractivity contribution in [2.45, 2.75) is 31.2 Å². The Morgan fingerprint density at radius 1 is 1.14 bits per heavy atom. The van der Waals surface area contributed by atoms with Crippen LogP contribution in [-0.2, 0) is 9.53 Å². The van der Waals surface area contributed by atoms with Gasteiger partial charge in [-0.1, -0.05) is 49.7 Å². The van der Waals surface area contributed by atoms with Crippen LogP contribution in [0.4, 0.5) is 0 Å². The molecule has 1 fully saturated rings. The minimum Gasteiger partial charge on any atom is -0.497 e. The molecule has 1 aliphatic rings. The summed E-state index contributed by atoms with van der Waals surface area (Å²) in [4.78, 5) is 27.8. The average Bonchev–Trinajstić information content (AvgIpc) is 3.19. The lowest BCUT2D eigenvalue weighted by atomic mass is 10.1. The molecule has 0 aromatic heterocycles. The number of unbranched alkanes of at least 4 members (excludes halogenated alkanes) is 1. The molecule has 0 radical (unpaired) electrons. The molecule has 0 bridgehead atoms. The molecule has 3 rings (SSSR count). The summed E-state index contributed by atoms with van der Waals surface area (Å²) in [5.41, 5.74) is 1.49. The van der Waals surface area contributed by atoms with Crippen LogP contribution in [0.3, 0.4) is 0 Å². The SMILES string of the molecule is CCCCOC(=O)C1CSC(c2ccccc2)N1C(=O)c1cccc(OC)c1. The molecule has 0 spiro atoms. The first kappa shape index (κ1) is 20.3. The number of nitrogens with zero attached hydrogens (tertiary/aromatic N) is 1. The normalized spacial score (nSPS) is 18.7. The van der Waals surface area contributed by atoms with Crippen LogP contribution in [0.2, 0.25) is 0 Å². The number of carbonyl (C=O) groups excluding carboxylic acids is 2. The highest BCUT2D eigenvalue weighted by Gasteiger charge is 2.43. The Bertz CT molecular complexity index is 811. The summed E-state index contributed by atoms with van der Waals surface area (Å²) in [7, 11) is 1.57. The number of amides is 1. The van der Waals surface area contributed by atoms with E-state index in [4.69, 9.17) is 9.47 Å². The number of hydrogen-bond acceptors (Lipinski definition) is 5. The first-order chi connectivity index (χ1) is 13.7. The van der Waals surface area contributed by atoms with Crippen LogP contribution >= 0.6 is 11.8 Å². The molecule has 2 aromatic rings. The highest BCUT2D eigenvalue weighted by atomic mass is 32.2. The largest absolute Gasteiger partial charge is 0.497 e. The van der Waals surface area contributed by atoms with E-state index in [1.807, 2.05) is 37.3 Å². The summed E-state index contributed by atoms with van der Waals surface area (Å²) in [6.45, 7) is 2.43. The minimum atomic E-state index is -0.606. The number of thioether (sulfide) groups is 1. The highest BCUT2D eigenvalue weighted by molar-refractivity contribution is 7.99. The molecule has 1 heterocycles. The van der Waals surface area contributed by atoms with E-state index in [1.165, 1.54) is 0 Å². The van der Waals surface area contributed by atoms with Gasteiger partial charge in [0, 0.05) is 11.3 Å². The van der Waals surface area contributed by atoms with Crippen molar-refractivity contribution in [3.63, 3.8) is 0 Å². The zero-order valence-corrected chi connectivity index (χ0v) is 17.0. The molecule has 6 heteroatoms. The lowest BCUT2D eigenvalue weighted by molar-refractivity contribution is -0.148. The number of methoxy groups -OCH3 is 1. The molecular formula is C22H25NO4S. The van der Waals surface area contributed by atoms with Crippen LogP contribution in [-0.4, -0.2) is 42.3 Å². The molecule has 5 nitrogen and oxygen atoms in total. The van der Waals surface area contributed by atoms with Gasteiger partial charge < -0.3 is 14.4 Å². The Balaban J connectivity index is 1.90. The first-order valence-corrected chi connectivity index (χ1v) is 10.5. The van der Waals surface area contributed by atoms with Gasteiger partial charge in [-0.15, -0.1) is 11.8 Å².